The fraction of sp³-hybridized carbons (Fsp3) is 0.909. The number of hydrogen-bond donors (Lipinski definition) is 2. The molecule has 1 fully saturated rings. The molecule has 0 aromatic rings. The van der Waals surface area contributed by atoms with Crippen LogP contribution in [-0.4, -0.2) is 24.2 Å². The van der Waals surface area contributed by atoms with Crippen LogP contribution in [0.15, 0.2) is 0 Å². The van der Waals surface area contributed by atoms with E-state index in [9.17, 15) is 4.79 Å². The van der Waals surface area contributed by atoms with Gasteiger partial charge in [-0.05, 0) is 31.1 Å². The summed E-state index contributed by atoms with van der Waals surface area (Å²) in [6.45, 7) is 5.20. The van der Waals surface area contributed by atoms with Crippen molar-refractivity contribution in [2.75, 3.05) is 13.2 Å². The van der Waals surface area contributed by atoms with Crippen LogP contribution in [0.4, 0.5) is 0 Å². The first-order chi connectivity index (χ1) is 6.55. The third-order valence-corrected chi connectivity index (χ3v) is 2.70. The van der Waals surface area contributed by atoms with Gasteiger partial charge in [0.15, 0.2) is 0 Å². The molecule has 82 valence electrons. The molecular formula is C11H21NO2. The predicted molar refractivity (Wildman–Crippen MR) is 55.8 cm³/mol. The van der Waals surface area contributed by atoms with Gasteiger partial charge in [-0.1, -0.05) is 13.8 Å². The van der Waals surface area contributed by atoms with E-state index in [4.69, 9.17) is 5.11 Å². The highest BCUT2D eigenvalue weighted by molar-refractivity contribution is 5.80. The van der Waals surface area contributed by atoms with Crippen molar-refractivity contribution in [3.63, 3.8) is 0 Å². The first-order valence-corrected chi connectivity index (χ1v) is 5.44. The Morgan fingerprint density at radius 1 is 1.50 bits per heavy atom. The van der Waals surface area contributed by atoms with Gasteiger partial charge < -0.3 is 10.4 Å². The van der Waals surface area contributed by atoms with E-state index in [2.05, 4.69) is 19.2 Å². The van der Waals surface area contributed by atoms with Crippen molar-refractivity contribution >= 4 is 5.91 Å². The van der Waals surface area contributed by atoms with Crippen molar-refractivity contribution in [3.8, 4) is 0 Å². The summed E-state index contributed by atoms with van der Waals surface area (Å²) in [5.74, 6) is 0.505. The van der Waals surface area contributed by atoms with Gasteiger partial charge in [-0.3, -0.25) is 4.79 Å². The molecule has 0 aliphatic heterocycles. The molecule has 0 atom stereocenters. The van der Waals surface area contributed by atoms with E-state index in [1.165, 1.54) is 0 Å². The molecule has 0 bridgehead atoms. The molecule has 3 nitrogen and oxygen atoms in total. The number of rotatable bonds is 6. The molecule has 1 rings (SSSR count). The Bertz CT molecular complexity index is 197. The molecular weight excluding hydrogens is 178 g/mol. The zero-order valence-electron chi connectivity index (χ0n) is 9.18. The summed E-state index contributed by atoms with van der Waals surface area (Å²) >= 11 is 0. The van der Waals surface area contributed by atoms with Gasteiger partial charge in [0.2, 0.25) is 5.91 Å². The molecule has 1 amide bonds. The number of aliphatic hydroxyl groups excluding tert-OH is 1. The molecule has 1 aliphatic carbocycles. The molecule has 1 aliphatic rings. The lowest BCUT2D eigenvalue weighted by molar-refractivity contribution is -0.122. The monoisotopic (exact) mass is 199 g/mol. The van der Waals surface area contributed by atoms with E-state index < -0.39 is 0 Å². The van der Waals surface area contributed by atoms with E-state index in [1.807, 2.05) is 0 Å². The van der Waals surface area contributed by atoms with Gasteiger partial charge >= 0.3 is 0 Å². The van der Waals surface area contributed by atoms with Gasteiger partial charge in [-0.2, -0.15) is 0 Å². The van der Waals surface area contributed by atoms with E-state index in [-0.39, 0.29) is 17.9 Å². The summed E-state index contributed by atoms with van der Waals surface area (Å²) in [7, 11) is 0. The largest absolute Gasteiger partial charge is 0.396 e. The summed E-state index contributed by atoms with van der Waals surface area (Å²) in [5.41, 5.74) is 0.104. The first-order valence-electron chi connectivity index (χ1n) is 5.44. The van der Waals surface area contributed by atoms with Crippen LogP contribution in [0.25, 0.3) is 0 Å². The second-order valence-corrected chi connectivity index (χ2v) is 4.98. The van der Waals surface area contributed by atoms with Crippen molar-refractivity contribution < 1.29 is 9.90 Å². The molecule has 0 unspecified atom stereocenters. The second-order valence-electron chi connectivity index (χ2n) is 4.98. The summed E-state index contributed by atoms with van der Waals surface area (Å²) in [4.78, 5) is 11.4. The zero-order valence-corrected chi connectivity index (χ0v) is 9.18. The average molecular weight is 199 g/mol. The Balaban J connectivity index is 2.16. The Kier molecular flexibility index (Phi) is 3.93. The van der Waals surface area contributed by atoms with E-state index in [0.29, 0.717) is 5.92 Å². The fourth-order valence-corrected chi connectivity index (χ4v) is 1.46. The number of hydrogen-bond acceptors (Lipinski definition) is 2. The van der Waals surface area contributed by atoms with Gasteiger partial charge in [0.25, 0.3) is 0 Å². The third-order valence-electron chi connectivity index (χ3n) is 2.70. The lowest BCUT2D eigenvalue weighted by atomic mass is 9.88. The number of aliphatic hydroxyl groups is 1. The smallest absolute Gasteiger partial charge is 0.223 e. The molecule has 0 spiro atoms. The molecule has 3 heteroatoms. The van der Waals surface area contributed by atoms with Crippen LogP contribution in [-0.2, 0) is 4.79 Å². The second kappa shape index (κ2) is 4.78. The standard InChI is InChI=1S/C11H21NO2/c1-11(2,6-3-7-13)8-12-10(14)9-4-5-9/h9,13H,3-8H2,1-2H3,(H,12,14). The minimum Gasteiger partial charge on any atom is -0.396 e. The summed E-state index contributed by atoms with van der Waals surface area (Å²) < 4.78 is 0. The highest BCUT2D eigenvalue weighted by Crippen LogP contribution is 2.29. The summed E-state index contributed by atoms with van der Waals surface area (Å²) in [6.07, 6.45) is 3.88. The molecule has 0 heterocycles. The van der Waals surface area contributed by atoms with E-state index in [0.717, 1.165) is 32.2 Å². The normalized spacial score (nSPS) is 16.8. The highest BCUT2D eigenvalue weighted by atomic mass is 16.2. The maximum atomic E-state index is 11.4. The van der Waals surface area contributed by atoms with Crippen LogP contribution in [0.5, 0.6) is 0 Å². The quantitative estimate of drug-likeness (QED) is 0.677. The molecule has 2 N–H and O–H groups in total. The number of carbonyl (C=O) groups excluding carboxylic acids is 1. The van der Waals surface area contributed by atoms with Gasteiger partial charge in [-0.25, -0.2) is 0 Å². The number of nitrogens with one attached hydrogen (secondary N) is 1. The maximum Gasteiger partial charge on any atom is 0.223 e. The molecule has 0 aromatic carbocycles. The van der Waals surface area contributed by atoms with Gasteiger partial charge in [0.1, 0.15) is 0 Å². The zero-order chi connectivity index (χ0) is 10.6. The Hall–Kier alpha value is -0.570. The number of amides is 1. The van der Waals surface area contributed by atoms with Crippen molar-refractivity contribution in [1.82, 2.24) is 5.32 Å². The van der Waals surface area contributed by atoms with Crippen LogP contribution in [0.2, 0.25) is 0 Å². The molecule has 0 radical (unpaired) electrons. The van der Waals surface area contributed by atoms with Gasteiger partial charge in [-0.15, -0.1) is 0 Å². The molecule has 14 heavy (non-hydrogen) atoms. The van der Waals surface area contributed by atoms with Crippen LogP contribution in [0, 0.1) is 11.3 Å². The molecule has 1 saturated carbocycles. The van der Waals surface area contributed by atoms with E-state index >= 15 is 0 Å². The van der Waals surface area contributed by atoms with Gasteiger partial charge in [0, 0.05) is 19.1 Å². The fourth-order valence-electron chi connectivity index (χ4n) is 1.46. The maximum absolute atomic E-state index is 11.4. The summed E-state index contributed by atoms with van der Waals surface area (Å²) in [6, 6.07) is 0. The molecule has 0 aromatic heterocycles. The van der Waals surface area contributed by atoms with Crippen molar-refractivity contribution in [2.45, 2.75) is 39.5 Å². The Labute approximate surface area is 85.9 Å². The Morgan fingerprint density at radius 3 is 2.64 bits per heavy atom. The highest BCUT2D eigenvalue weighted by Gasteiger charge is 2.30. The van der Waals surface area contributed by atoms with Crippen LogP contribution >= 0.6 is 0 Å². The number of carbonyl (C=O) groups is 1. The topological polar surface area (TPSA) is 49.3 Å². The minimum atomic E-state index is 0.104. The van der Waals surface area contributed by atoms with E-state index in [1.54, 1.807) is 0 Å². The van der Waals surface area contributed by atoms with Gasteiger partial charge in [0.05, 0.1) is 0 Å². The van der Waals surface area contributed by atoms with Crippen molar-refractivity contribution in [3.05, 3.63) is 0 Å². The predicted octanol–water partition coefficient (Wildman–Crippen LogP) is 1.31. The van der Waals surface area contributed by atoms with Crippen molar-refractivity contribution in [2.24, 2.45) is 11.3 Å². The van der Waals surface area contributed by atoms with Crippen molar-refractivity contribution in [1.29, 1.82) is 0 Å². The SMILES string of the molecule is CC(C)(CCCO)CNC(=O)C1CC1. The van der Waals surface area contributed by atoms with Crippen LogP contribution < -0.4 is 5.32 Å². The minimum absolute atomic E-state index is 0.104. The summed E-state index contributed by atoms with van der Waals surface area (Å²) in [5, 5.41) is 11.7. The Morgan fingerprint density at radius 2 is 2.14 bits per heavy atom. The molecule has 0 saturated heterocycles. The average Bonchev–Trinajstić information content (AvgIpc) is 2.94. The third kappa shape index (κ3) is 4.09. The first kappa shape index (κ1) is 11.5. The lowest BCUT2D eigenvalue weighted by Crippen LogP contribution is -2.34. The van der Waals surface area contributed by atoms with Crippen LogP contribution in [0.1, 0.15) is 39.5 Å². The van der Waals surface area contributed by atoms with Crippen LogP contribution in [0.3, 0.4) is 0 Å². The lowest BCUT2D eigenvalue weighted by Gasteiger charge is -2.24.